The summed E-state index contributed by atoms with van der Waals surface area (Å²) < 4.78 is 0. The maximum absolute atomic E-state index is 3.62. The summed E-state index contributed by atoms with van der Waals surface area (Å²) >= 11 is 3.89. The van der Waals surface area contributed by atoms with Gasteiger partial charge in [0.05, 0.1) is 6.04 Å². The van der Waals surface area contributed by atoms with Crippen molar-refractivity contribution in [2.45, 2.75) is 38.5 Å². The monoisotopic (exact) mass is 243 g/mol. The Labute approximate surface area is 102 Å². The molecule has 1 rings (SSSR count). The van der Waals surface area contributed by atoms with E-state index in [2.05, 4.69) is 43.6 Å². The third-order valence-corrected chi connectivity index (χ3v) is 4.30. The van der Waals surface area contributed by atoms with Crippen LogP contribution in [0.4, 0.5) is 0 Å². The molecule has 0 aliphatic rings. The second-order valence-corrected chi connectivity index (χ2v) is 6.49. The van der Waals surface area contributed by atoms with Crippen molar-refractivity contribution in [3.63, 3.8) is 0 Å². The first kappa shape index (κ1) is 13.1. The number of thioether (sulfide) groups is 1. The van der Waals surface area contributed by atoms with Gasteiger partial charge in [0.1, 0.15) is 0 Å². The molecule has 0 amide bonds. The van der Waals surface area contributed by atoms with Crippen molar-refractivity contribution < 1.29 is 0 Å². The summed E-state index contributed by atoms with van der Waals surface area (Å²) in [6, 6.07) is 4.91. The molecule has 1 N–H and O–H groups in total. The predicted molar refractivity (Wildman–Crippen MR) is 72.9 cm³/mol. The summed E-state index contributed by atoms with van der Waals surface area (Å²) in [5.41, 5.74) is 0. The SMILES string of the molecule is CCCNC(CSC(C)C)c1cccs1. The molecule has 0 aliphatic carbocycles. The third kappa shape index (κ3) is 5.05. The summed E-state index contributed by atoms with van der Waals surface area (Å²) in [6.07, 6.45) is 1.20. The average Bonchev–Trinajstić information content (AvgIpc) is 2.71. The van der Waals surface area contributed by atoms with Gasteiger partial charge in [-0.15, -0.1) is 11.3 Å². The molecule has 0 aliphatic heterocycles. The summed E-state index contributed by atoms with van der Waals surface area (Å²) in [4.78, 5) is 1.47. The van der Waals surface area contributed by atoms with Gasteiger partial charge in [-0.3, -0.25) is 0 Å². The Morgan fingerprint density at radius 1 is 1.47 bits per heavy atom. The minimum atomic E-state index is 0.539. The lowest BCUT2D eigenvalue weighted by Gasteiger charge is -2.17. The van der Waals surface area contributed by atoms with Crippen molar-refractivity contribution >= 4 is 23.1 Å². The molecular weight excluding hydrogens is 222 g/mol. The zero-order chi connectivity index (χ0) is 11.1. The summed E-state index contributed by atoms with van der Waals surface area (Å²) in [5, 5.41) is 6.50. The largest absolute Gasteiger partial charge is 0.309 e. The topological polar surface area (TPSA) is 12.0 Å². The van der Waals surface area contributed by atoms with E-state index in [0.717, 1.165) is 11.8 Å². The minimum absolute atomic E-state index is 0.539. The van der Waals surface area contributed by atoms with Gasteiger partial charge in [-0.05, 0) is 29.7 Å². The Hall–Kier alpha value is 0.01000. The van der Waals surface area contributed by atoms with Crippen LogP contribution in [0.25, 0.3) is 0 Å². The van der Waals surface area contributed by atoms with E-state index in [1.54, 1.807) is 0 Å². The zero-order valence-corrected chi connectivity index (χ0v) is 11.5. The van der Waals surface area contributed by atoms with Gasteiger partial charge < -0.3 is 5.32 Å². The average molecular weight is 243 g/mol. The van der Waals surface area contributed by atoms with Gasteiger partial charge in [-0.1, -0.05) is 26.8 Å². The van der Waals surface area contributed by atoms with Gasteiger partial charge >= 0.3 is 0 Å². The molecule has 3 heteroatoms. The number of thiophene rings is 1. The first-order valence-corrected chi connectivity index (χ1v) is 7.55. The summed E-state index contributed by atoms with van der Waals surface area (Å²) in [5.74, 6) is 1.18. The smallest absolute Gasteiger partial charge is 0.0506 e. The van der Waals surface area contributed by atoms with Crippen molar-refractivity contribution in [2.75, 3.05) is 12.3 Å². The predicted octanol–water partition coefficient (Wildman–Crippen LogP) is 3.93. The molecule has 1 heterocycles. The third-order valence-electron chi connectivity index (χ3n) is 2.12. The minimum Gasteiger partial charge on any atom is -0.309 e. The Bertz CT molecular complexity index is 244. The van der Waals surface area contributed by atoms with Crippen molar-refractivity contribution in [3.8, 4) is 0 Å². The first-order valence-electron chi connectivity index (χ1n) is 5.62. The fourth-order valence-corrected chi connectivity index (χ4v) is 3.12. The Kier molecular flexibility index (Phi) is 6.37. The number of rotatable bonds is 7. The van der Waals surface area contributed by atoms with Crippen LogP contribution in [0.2, 0.25) is 0 Å². The van der Waals surface area contributed by atoms with Crippen LogP contribution in [0.1, 0.15) is 38.1 Å². The molecule has 0 spiro atoms. The van der Waals surface area contributed by atoms with Crippen LogP contribution in [0.3, 0.4) is 0 Å². The van der Waals surface area contributed by atoms with E-state index in [1.807, 2.05) is 23.1 Å². The van der Waals surface area contributed by atoms with Crippen LogP contribution >= 0.6 is 23.1 Å². The highest BCUT2D eigenvalue weighted by Crippen LogP contribution is 2.24. The van der Waals surface area contributed by atoms with Crippen molar-refractivity contribution in [2.24, 2.45) is 0 Å². The van der Waals surface area contributed by atoms with Gasteiger partial charge in [-0.25, -0.2) is 0 Å². The Morgan fingerprint density at radius 2 is 2.27 bits per heavy atom. The summed E-state index contributed by atoms with van der Waals surface area (Å²) in [7, 11) is 0. The summed E-state index contributed by atoms with van der Waals surface area (Å²) in [6.45, 7) is 7.85. The molecule has 1 aromatic heterocycles. The van der Waals surface area contributed by atoms with Crippen molar-refractivity contribution in [3.05, 3.63) is 22.4 Å². The van der Waals surface area contributed by atoms with Crippen LogP contribution in [0.15, 0.2) is 17.5 Å². The van der Waals surface area contributed by atoms with E-state index in [0.29, 0.717) is 6.04 Å². The molecule has 1 unspecified atom stereocenters. The normalized spacial score (nSPS) is 13.3. The highest BCUT2D eigenvalue weighted by molar-refractivity contribution is 7.99. The molecule has 0 aromatic carbocycles. The van der Waals surface area contributed by atoms with E-state index in [1.165, 1.54) is 17.1 Å². The van der Waals surface area contributed by atoms with Gasteiger partial charge in [0, 0.05) is 10.6 Å². The van der Waals surface area contributed by atoms with Crippen LogP contribution in [-0.4, -0.2) is 17.5 Å². The highest BCUT2D eigenvalue weighted by Gasteiger charge is 2.12. The molecule has 0 radical (unpaired) electrons. The Balaban J connectivity index is 2.46. The van der Waals surface area contributed by atoms with Gasteiger partial charge in [-0.2, -0.15) is 11.8 Å². The molecule has 1 nitrogen and oxygen atoms in total. The second kappa shape index (κ2) is 7.31. The molecule has 86 valence electrons. The van der Waals surface area contributed by atoms with E-state index < -0.39 is 0 Å². The fraction of sp³-hybridized carbons (Fsp3) is 0.667. The fourth-order valence-electron chi connectivity index (χ4n) is 1.34. The number of nitrogens with one attached hydrogen (secondary N) is 1. The molecule has 0 fully saturated rings. The van der Waals surface area contributed by atoms with Crippen molar-refractivity contribution in [1.29, 1.82) is 0 Å². The van der Waals surface area contributed by atoms with E-state index in [9.17, 15) is 0 Å². The highest BCUT2D eigenvalue weighted by atomic mass is 32.2. The Morgan fingerprint density at radius 3 is 2.80 bits per heavy atom. The molecule has 1 aromatic rings. The standard InChI is InChI=1S/C12H21NS2/c1-4-7-13-11(9-15-10(2)3)12-6-5-8-14-12/h5-6,8,10-11,13H,4,7,9H2,1-3H3. The van der Waals surface area contributed by atoms with E-state index >= 15 is 0 Å². The number of hydrogen-bond donors (Lipinski definition) is 1. The second-order valence-electron chi connectivity index (χ2n) is 3.90. The lowest BCUT2D eigenvalue weighted by atomic mass is 10.2. The molecule has 15 heavy (non-hydrogen) atoms. The molecule has 0 saturated heterocycles. The van der Waals surface area contributed by atoms with Crippen LogP contribution in [0, 0.1) is 0 Å². The maximum Gasteiger partial charge on any atom is 0.0506 e. The van der Waals surface area contributed by atoms with Gasteiger partial charge in [0.15, 0.2) is 0 Å². The van der Waals surface area contributed by atoms with Gasteiger partial charge in [0.2, 0.25) is 0 Å². The van der Waals surface area contributed by atoms with Gasteiger partial charge in [0.25, 0.3) is 0 Å². The van der Waals surface area contributed by atoms with Crippen LogP contribution in [0.5, 0.6) is 0 Å². The maximum atomic E-state index is 3.62. The lowest BCUT2D eigenvalue weighted by molar-refractivity contribution is 0.584. The molecule has 0 bridgehead atoms. The van der Waals surface area contributed by atoms with Crippen LogP contribution in [-0.2, 0) is 0 Å². The van der Waals surface area contributed by atoms with E-state index in [4.69, 9.17) is 0 Å². The van der Waals surface area contributed by atoms with Crippen molar-refractivity contribution in [1.82, 2.24) is 5.32 Å². The molecular formula is C12H21NS2. The first-order chi connectivity index (χ1) is 7.24. The van der Waals surface area contributed by atoms with Crippen LogP contribution < -0.4 is 5.32 Å². The lowest BCUT2D eigenvalue weighted by Crippen LogP contribution is -2.23. The quantitative estimate of drug-likeness (QED) is 0.779. The number of hydrogen-bond acceptors (Lipinski definition) is 3. The molecule has 0 saturated carbocycles. The van der Waals surface area contributed by atoms with E-state index in [-0.39, 0.29) is 0 Å². The molecule has 1 atom stereocenters. The zero-order valence-electron chi connectivity index (χ0n) is 9.82.